The molecule has 0 fully saturated rings. The molecule has 0 amide bonds. The van der Waals surface area contributed by atoms with Crippen molar-refractivity contribution in [2.45, 2.75) is 32.2 Å². The van der Waals surface area contributed by atoms with Crippen molar-refractivity contribution in [2.24, 2.45) is 0 Å². The molecule has 10 heteroatoms. The first-order valence-corrected chi connectivity index (χ1v) is 11.7. The monoisotopic (exact) mass is 528 g/mol. The van der Waals surface area contributed by atoms with Crippen molar-refractivity contribution in [1.29, 1.82) is 0 Å². The summed E-state index contributed by atoms with van der Waals surface area (Å²) in [7, 11) is 0. The van der Waals surface area contributed by atoms with Gasteiger partial charge in [-0.1, -0.05) is 48.5 Å². The molecule has 0 atom stereocenters. The Hall–Kier alpha value is -4.05. The Balaban J connectivity index is 1.32. The van der Waals surface area contributed by atoms with Crippen molar-refractivity contribution in [3.8, 4) is 28.3 Å². The van der Waals surface area contributed by atoms with Crippen molar-refractivity contribution in [3.05, 3.63) is 101 Å². The number of ether oxygens (including phenoxy) is 2. The lowest BCUT2D eigenvalue weighted by molar-refractivity contribution is -0.274. The van der Waals surface area contributed by atoms with Crippen molar-refractivity contribution >= 4 is 0 Å². The van der Waals surface area contributed by atoms with Crippen LogP contribution in [0.3, 0.4) is 0 Å². The molecule has 1 aromatic heterocycles. The van der Waals surface area contributed by atoms with E-state index >= 15 is 0 Å². The zero-order valence-corrected chi connectivity index (χ0v) is 19.8. The maximum atomic E-state index is 12.8. The maximum absolute atomic E-state index is 12.8. The van der Waals surface area contributed by atoms with Crippen LogP contribution in [0.5, 0.6) is 5.75 Å². The summed E-state index contributed by atoms with van der Waals surface area (Å²) in [4.78, 5) is 0. The van der Waals surface area contributed by atoms with Crippen LogP contribution in [0.15, 0.2) is 82.8 Å². The van der Waals surface area contributed by atoms with Gasteiger partial charge in [-0.05, 0) is 70.5 Å². The molecule has 196 valence electrons. The molecule has 0 saturated carbocycles. The van der Waals surface area contributed by atoms with Crippen LogP contribution in [-0.4, -0.2) is 23.2 Å². The van der Waals surface area contributed by atoms with Gasteiger partial charge in [-0.2, -0.15) is 8.78 Å². The van der Waals surface area contributed by atoms with E-state index in [1.807, 2.05) is 36.4 Å². The first-order chi connectivity index (χ1) is 18.2. The third-order valence-electron chi connectivity index (χ3n) is 6.07. The number of hydrogen-bond donors (Lipinski definition) is 0. The van der Waals surface area contributed by atoms with Gasteiger partial charge < -0.3 is 13.9 Å². The summed E-state index contributed by atoms with van der Waals surface area (Å²) in [5.41, 5.74) is 6.25. The predicted octanol–water partition coefficient (Wildman–Crippen LogP) is 7.48. The number of aromatic nitrogens is 2. The van der Waals surface area contributed by atoms with E-state index < -0.39 is 18.7 Å². The zero-order chi connectivity index (χ0) is 26.7. The Morgan fingerprint density at radius 1 is 0.895 bits per heavy atom. The molecule has 0 radical (unpaired) electrons. The molecule has 5 nitrogen and oxygen atoms in total. The van der Waals surface area contributed by atoms with Gasteiger partial charge in [0.25, 0.3) is 5.89 Å². The number of rotatable bonds is 6. The summed E-state index contributed by atoms with van der Waals surface area (Å²) in [6.45, 7) is 0.769. The minimum absolute atomic E-state index is 0.0257. The van der Waals surface area contributed by atoms with Crippen LogP contribution in [0.4, 0.5) is 22.0 Å². The SMILES string of the molecule is FC(F)c1nnc(-c2ccc3c(c2)COC/C(=C/Cc2ccccc2-c2ccc(OC(F)(F)F)cc2)C3)o1. The molecule has 0 unspecified atom stereocenters. The van der Waals surface area contributed by atoms with E-state index in [0.29, 0.717) is 31.6 Å². The number of halogens is 5. The molecule has 0 aliphatic carbocycles. The van der Waals surface area contributed by atoms with Gasteiger partial charge in [0.05, 0.1) is 13.2 Å². The summed E-state index contributed by atoms with van der Waals surface area (Å²) in [5.74, 6) is -0.966. The average molecular weight is 528 g/mol. The van der Waals surface area contributed by atoms with Crippen molar-refractivity contribution in [3.63, 3.8) is 0 Å². The summed E-state index contributed by atoms with van der Waals surface area (Å²) in [6, 6.07) is 18.9. The third-order valence-corrected chi connectivity index (χ3v) is 6.07. The van der Waals surface area contributed by atoms with Crippen LogP contribution in [0.25, 0.3) is 22.6 Å². The fourth-order valence-corrected chi connectivity index (χ4v) is 4.29. The Bertz CT molecular complexity index is 1450. The molecule has 1 aliphatic heterocycles. The highest BCUT2D eigenvalue weighted by atomic mass is 19.4. The molecule has 0 N–H and O–H groups in total. The predicted molar refractivity (Wildman–Crippen MR) is 128 cm³/mol. The fraction of sp³-hybridized carbons (Fsp3) is 0.214. The average Bonchev–Trinajstić information content (AvgIpc) is 3.30. The highest BCUT2D eigenvalue weighted by Crippen LogP contribution is 2.31. The molecular formula is C28H21F5N2O3. The smallest absolute Gasteiger partial charge is 0.415 e. The number of alkyl halides is 5. The minimum atomic E-state index is -4.74. The van der Waals surface area contributed by atoms with E-state index in [1.54, 1.807) is 18.2 Å². The summed E-state index contributed by atoms with van der Waals surface area (Å²) in [6.07, 6.45) is -4.23. The van der Waals surface area contributed by atoms with Gasteiger partial charge in [0.2, 0.25) is 5.89 Å². The summed E-state index contributed by atoms with van der Waals surface area (Å²) in [5, 5.41) is 7.08. The highest BCUT2D eigenvalue weighted by molar-refractivity contribution is 5.68. The van der Waals surface area contributed by atoms with Gasteiger partial charge in [-0.3, -0.25) is 0 Å². The van der Waals surface area contributed by atoms with Gasteiger partial charge in [0.15, 0.2) is 0 Å². The normalized spacial score (nSPS) is 14.9. The van der Waals surface area contributed by atoms with E-state index in [1.165, 1.54) is 12.1 Å². The minimum Gasteiger partial charge on any atom is -0.415 e. The van der Waals surface area contributed by atoms with Crippen LogP contribution >= 0.6 is 0 Å². The molecule has 2 heterocycles. The second-order valence-corrected chi connectivity index (χ2v) is 8.70. The quantitative estimate of drug-likeness (QED) is 0.192. The number of hydrogen-bond acceptors (Lipinski definition) is 5. The molecule has 38 heavy (non-hydrogen) atoms. The van der Waals surface area contributed by atoms with E-state index in [-0.39, 0.29) is 11.6 Å². The first-order valence-electron chi connectivity index (χ1n) is 11.7. The number of nitrogens with zero attached hydrogens (tertiary/aromatic N) is 2. The third kappa shape index (κ3) is 6.08. The van der Waals surface area contributed by atoms with Crippen LogP contribution in [0.1, 0.15) is 29.0 Å². The van der Waals surface area contributed by atoms with Crippen LogP contribution < -0.4 is 4.74 Å². The van der Waals surface area contributed by atoms with Gasteiger partial charge in [-0.25, -0.2) is 0 Å². The van der Waals surface area contributed by atoms with Crippen LogP contribution in [0.2, 0.25) is 0 Å². The lowest BCUT2D eigenvalue weighted by Crippen LogP contribution is -2.16. The molecule has 0 bridgehead atoms. The standard InChI is InChI=1S/C28H21F5N2O3/c29-25(30)27-35-34-26(37-27)21-8-7-20-13-17(15-36-16-22(20)14-21)5-6-18-3-1-2-4-24(18)19-9-11-23(12-10-19)38-28(31,32)33/h1-5,7-12,14,25H,6,13,15-16H2/b17-5+. The largest absolute Gasteiger partial charge is 0.573 e. The van der Waals surface area contributed by atoms with Gasteiger partial charge >= 0.3 is 12.8 Å². The van der Waals surface area contributed by atoms with E-state index in [2.05, 4.69) is 21.0 Å². The number of allylic oxidation sites excluding steroid dienone is 1. The molecule has 0 spiro atoms. The number of fused-ring (bicyclic) bond motifs is 1. The van der Waals surface area contributed by atoms with E-state index in [4.69, 9.17) is 9.15 Å². The van der Waals surface area contributed by atoms with E-state index in [0.717, 1.165) is 33.4 Å². The lowest BCUT2D eigenvalue weighted by atomic mass is 9.95. The summed E-state index contributed by atoms with van der Waals surface area (Å²) >= 11 is 0. The second kappa shape index (κ2) is 10.7. The van der Waals surface area contributed by atoms with Gasteiger partial charge in [0, 0.05) is 5.56 Å². The van der Waals surface area contributed by atoms with Crippen LogP contribution in [-0.2, 0) is 24.2 Å². The van der Waals surface area contributed by atoms with E-state index in [9.17, 15) is 22.0 Å². The molecule has 4 aromatic rings. The Morgan fingerprint density at radius 2 is 1.66 bits per heavy atom. The molecule has 1 aliphatic rings. The zero-order valence-electron chi connectivity index (χ0n) is 19.8. The molecule has 5 rings (SSSR count). The van der Waals surface area contributed by atoms with Crippen molar-refractivity contribution in [1.82, 2.24) is 10.2 Å². The second-order valence-electron chi connectivity index (χ2n) is 8.70. The van der Waals surface area contributed by atoms with Crippen molar-refractivity contribution < 1.29 is 35.8 Å². The van der Waals surface area contributed by atoms with Gasteiger partial charge in [0.1, 0.15) is 5.75 Å². The Morgan fingerprint density at radius 3 is 2.39 bits per heavy atom. The van der Waals surface area contributed by atoms with Crippen LogP contribution in [0, 0.1) is 0 Å². The number of benzene rings is 3. The molecule has 0 saturated heterocycles. The first kappa shape index (κ1) is 25.6. The Labute approximate surface area is 214 Å². The van der Waals surface area contributed by atoms with Crippen molar-refractivity contribution in [2.75, 3.05) is 6.61 Å². The topological polar surface area (TPSA) is 57.4 Å². The fourth-order valence-electron chi connectivity index (χ4n) is 4.29. The maximum Gasteiger partial charge on any atom is 0.573 e. The lowest BCUT2D eigenvalue weighted by Gasteiger charge is -2.12. The summed E-state index contributed by atoms with van der Waals surface area (Å²) < 4.78 is 77.9. The molecular weight excluding hydrogens is 507 g/mol. The highest BCUT2D eigenvalue weighted by Gasteiger charge is 2.31. The molecule has 3 aromatic carbocycles. The Kier molecular flexibility index (Phi) is 7.24. The van der Waals surface area contributed by atoms with Gasteiger partial charge in [-0.15, -0.1) is 23.4 Å².